The highest BCUT2D eigenvalue weighted by atomic mass is 16.3. The van der Waals surface area contributed by atoms with Crippen molar-refractivity contribution in [3.8, 4) is 44.5 Å². The lowest BCUT2D eigenvalue weighted by molar-refractivity contribution is 0.675. The molecule has 0 saturated carbocycles. The Bertz CT molecular complexity index is 3950. The summed E-state index contributed by atoms with van der Waals surface area (Å²) in [4.78, 5) is 0. The second-order valence-electron chi connectivity index (χ2n) is 23.5. The smallest absolute Gasteiger partial charge is 0.143 e. The molecule has 0 aliphatic heterocycles. The monoisotopic (exact) mass is 909 g/mol. The highest BCUT2D eigenvalue weighted by molar-refractivity contribution is 6.76. The zero-order chi connectivity index (χ0) is 54.1. The summed E-state index contributed by atoms with van der Waals surface area (Å²) in [5.74, 6) is 0. The number of hydrogen-bond acceptors (Lipinski definition) is 1. The quantitative estimate of drug-likeness (QED) is 0.127. The molecule has 8 aromatic carbocycles. The van der Waals surface area contributed by atoms with Gasteiger partial charge >= 0.3 is 0 Å². The van der Waals surface area contributed by atoms with Crippen molar-refractivity contribution in [1.82, 2.24) is 0 Å². The van der Waals surface area contributed by atoms with Crippen molar-refractivity contribution in [3.63, 3.8) is 0 Å². The zero-order valence-corrected chi connectivity index (χ0v) is 50.4. The summed E-state index contributed by atoms with van der Waals surface area (Å²) in [6.07, 6.45) is 0. The van der Waals surface area contributed by atoms with E-state index in [9.17, 15) is 0 Å². The van der Waals surface area contributed by atoms with Gasteiger partial charge in [-0.2, -0.15) is 0 Å². The van der Waals surface area contributed by atoms with Gasteiger partial charge in [0.15, 0.2) is 0 Å². The van der Waals surface area contributed by atoms with E-state index < -0.39 is 0 Å². The first-order chi connectivity index (χ1) is 34.0. The summed E-state index contributed by atoms with van der Waals surface area (Å²) < 4.78 is 7.23. The van der Waals surface area contributed by atoms with E-state index in [1.807, 2.05) is 0 Å². The van der Waals surface area contributed by atoms with E-state index >= 15 is 0 Å². The Balaban J connectivity index is 1.51. The minimum absolute atomic E-state index is 1.03. The summed E-state index contributed by atoms with van der Waals surface area (Å²) in [6, 6.07) is 0. The zero-order valence-electron chi connectivity index (χ0n) is 50.4. The molecule has 73 heavy (non-hydrogen) atoms. The molecule has 0 fully saturated rings. The van der Waals surface area contributed by atoms with Crippen LogP contribution in [0.4, 0.5) is 0 Å². The van der Waals surface area contributed by atoms with Crippen LogP contribution < -0.4 is 153 Å². The van der Waals surface area contributed by atoms with Gasteiger partial charge in [0, 0.05) is 10.8 Å². The molecule has 0 N–H and O–H groups in total. The SMILES string of the molecule is Bc1c(B)c(B)c(-c2c(B)c(B)c(-c3c(B)c(B)c(-c4c5c(B)c(B)c(B)c(B)c5c(-c5c(B)c(B)c(B)c6oc7c(B)c(B)c(B)c(B)c7c56)c5c(B)c(B)c(B)c(B)c45)c(B)c3B)c(B)c2B)c(B)c1B. The van der Waals surface area contributed by atoms with Crippen molar-refractivity contribution < 1.29 is 4.42 Å². The van der Waals surface area contributed by atoms with Crippen LogP contribution in [0.2, 0.25) is 0 Å². The second-order valence-corrected chi connectivity index (χ2v) is 23.5. The van der Waals surface area contributed by atoms with E-state index in [0.29, 0.717) is 0 Å². The van der Waals surface area contributed by atoms with Gasteiger partial charge in [-0.3, -0.25) is 0 Å². The molecule has 0 unspecified atom stereocenters. The molecule has 0 radical (unpaired) electrons. The fourth-order valence-electron chi connectivity index (χ4n) is 14.2. The number of fused-ring (bicyclic) bond motifs is 5. The van der Waals surface area contributed by atoms with Gasteiger partial charge in [0.25, 0.3) is 0 Å². The number of hydrogen-bond donors (Lipinski definition) is 0. The molecule has 0 aliphatic rings. The van der Waals surface area contributed by atoms with Gasteiger partial charge < -0.3 is 4.42 Å². The second kappa shape index (κ2) is 18.3. The molecule has 29 heteroatoms. The Morgan fingerprint density at radius 1 is 0.123 bits per heavy atom. The topological polar surface area (TPSA) is 13.1 Å². The van der Waals surface area contributed by atoms with Crippen molar-refractivity contribution in [1.29, 1.82) is 0 Å². The van der Waals surface area contributed by atoms with E-state index in [1.165, 1.54) is 230 Å². The van der Waals surface area contributed by atoms with E-state index in [4.69, 9.17) is 4.42 Å². The first kappa shape index (κ1) is 53.7. The highest BCUT2D eigenvalue weighted by Crippen LogP contribution is 2.42. The largest absolute Gasteiger partial charge is 0.457 e. The first-order valence-electron chi connectivity index (χ1n) is 27.2. The van der Waals surface area contributed by atoms with Crippen molar-refractivity contribution in [2.45, 2.75) is 0 Å². The summed E-state index contributed by atoms with van der Waals surface area (Å²) in [5, 5.41) is 8.08. The predicted octanol–water partition coefficient (Wildman–Crippen LogP) is -36.2. The molecule has 1 aromatic heterocycles. The molecular weight excluding hydrogens is 847 g/mol. The summed E-state index contributed by atoms with van der Waals surface area (Å²) in [7, 11) is 66.1. The van der Waals surface area contributed by atoms with Crippen LogP contribution in [0.5, 0.6) is 0 Å². The molecule has 0 saturated heterocycles. The van der Waals surface area contributed by atoms with E-state index in [0.717, 1.165) is 11.2 Å². The lowest BCUT2D eigenvalue weighted by atomic mass is 9.54. The molecule has 1 heterocycles. The third kappa shape index (κ3) is 7.09. The van der Waals surface area contributed by atoms with E-state index in [2.05, 4.69) is 220 Å². The maximum absolute atomic E-state index is 7.23. The molecule has 9 aromatic rings. The van der Waals surface area contributed by atoms with Crippen molar-refractivity contribution in [2.75, 3.05) is 0 Å². The third-order valence-corrected chi connectivity index (χ3v) is 21.0. The third-order valence-electron chi connectivity index (χ3n) is 21.0. The van der Waals surface area contributed by atoms with Crippen LogP contribution in [-0.4, -0.2) is 220 Å². The van der Waals surface area contributed by atoms with Crippen LogP contribution in [0.3, 0.4) is 0 Å². The van der Waals surface area contributed by atoms with Crippen LogP contribution in [-0.2, 0) is 0 Å². The molecular formula is C44H56B28O. The standard InChI is InChI=1S/C44H56B28O/c45-15-3-1(7-8-14-30(60)37(67)40(70)42(72)44(14)73-43(8)41(71)38(68)19(7)49)4-6(18(48)34(64)32(62)16(4)46)2(5(3)17(47)33(63)31(15)61)9-20(50)22(52)10(23(53)21(9)51)11-24(54)26(56)12(27(57)25(11)55)13-28(58)35(65)39(69)36(66)29(13)59/h45-72H2. The van der Waals surface area contributed by atoms with E-state index in [-0.39, 0.29) is 0 Å². The molecule has 322 valence electrons. The Morgan fingerprint density at radius 3 is 0.589 bits per heavy atom. The first-order valence-corrected chi connectivity index (χ1v) is 27.2. The lowest BCUT2D eigenvalue weighted by Crippen LogP contribution is -2.57. The van der Waals surface area contributed by atoms with Gasteiger partial charge in [0.05, 0.1) is 0 Å². The highest BCUT2D eigenvalue weighted by Gasteiger charge is 2.32. The Morgan fingerprint density at radius 2 is 0.288 bits per heavy atom. The number of furan rings is 1. The molecule has 9 rings (SSSR count). The molecule has 0 atom stereocenters. The van der Waals surface area contributed by atoms with E-state index in [1.54, 1.807) is 0 Å². The van der Waals surface area contributed by atoms with Crippen LogP contribution in [0.25, 0.3) is 88.0 Å². The molecule has 0 bridgehead atoms. The van der Waals surface area contributed by atoms with Crippen molar-refractivity contribution >= 4 is 416 Å². The van der Waals surface area contributed by atoms with Gasteiger partial charge in [0.1, 0.15) is 231 Å². The minimum Gasteiger partial charge on any atom is -0.457 e. The average molecular weight is 904 g/mol. The normalized spacial score (nSPS) is 11.7. The minimum atomic E-state index is 1.03. The maximum Gasteiger partial charge on any atom is 0.143 e. The Labute approximate surface area is 461 Å². The van der Waals surface area contributed by atoms with Gasteiger partial charge in [-0.25, -0.2) is 0 Å². The predicted molar refractivity (Wildman–Crippen MR) is 419 cm³/mol. The Hall–Kier alpha value is -4.10. The molecule has 0 spiro atoms. The molecule has 1 nitrogen and oxygen atoms in total. The maximum atomic E-state index is 7.23. The fraction of sp³-hybridized carbons (Fsp3) is 0. The van der Waals surface area contributed by atoms with Crippen LogP contribution in [0.1, 0.15) is 0 Å². The van der Waals surface area contributed by atoms with Crippen LogP contribution in [0.15, 0.2) is 4.42 Å². The molecule has 0 amide bonds. The van der Waals surface area contributed by atoms with Gasteiger partial charge in [0.2, 0.25) is 0 Å². The Kier molecular flexibility index (Phi) is 13.5. The van der Waals surface area contributed by atoms with Crippen LogP contribution >= 0.6 is 0 Å². The van der Waals surface area contributed by atoms with Gasteiger partial charge in [-0.1, -0.05) is 109 Å². The average Bonchev–Trinajstić information content (AvgIpc) is 3.76. The van der Waals surface area contributed by atoms with Crippen molar-refractivity contribution in [2.24, 2.45) is 0 Å². The summed E-state index contributed by atoms with van der Waals surface area (Å²) >= 11 is 0. The fourth-order valence-corrected chi connectivity index (χ4v) is 14.2. The summed E-state index contributed by atoms with van der Waals surface area (Å²) in [5.41, 5.74) is 51.4. The van der Waals surface area contributed by atoms with Gasteiger partial charge in [-0.05, 0) is 66.1 Å². The number of benzene rings is 8. The molecule has 0 aliphatic carbocycles. The summed E-state index contributed by atoms with van der Waals surface area (Å²) in [6.45, 7) is 0. The number of rotatable bonds is 4. The van der Waals surface area contributed by atoms with Crippen LogP contribution in [0, 0.1) is 0 Å². The lowest BCUT2D eigenvalue weighted by Gasteiger charge is -2.32. The van der Waals surface area contributed by atoms with Crippen molar-refractivity contribution in [3.05, 3.63) is 0 Å². The van der Waals surface area contributed by atoms with Gasteiger partial charge in [-0.15, -0.1) is 43.7 Å².